The van der Waals surface area contributed by atoms with Gasteiger partial charge in [0.1, 0.15) is 5.82 Å². The zero-order valence-electron chi connectivity index (χ0n) is 6.73. The molecule has 12 heavy (non-hydrogen) atoms. The van der Waals surface area contributed by atoms with Gasteiger partial charge in [-0.25, -0.2) is 8.78 Å². The largest absolute Gasteiger partial charge is 0.490 e. The van der Waals surface area contributed by atoms with Gasteiger partial charge in [0.05, 0.1) is 12.7 Å². The van der Waals surface area contributed by atoms with Crippen LogP contribution in [0.4, 0.5) is 8.78 Å². The van der Waals surface area contributed by atoms with Crippen LogP contribution in [0.5, 0.6) is 5.75 Å². The second-order valence-corrected chi connectivity index (χ2v) is 2.33. The Hall–Kier alpha value is -1.12. The third-order valence-corrected chi connectivity index (χ3v) is 1.28. The molecule has 0 bridgehead atoms. The van der Waals surface area contributed by atoms with Gasteiger partial charge in [-0.15, -0.1) is 0 Å². The van der Waals surface area contributed by atoms with Crippen LogP contribution in [-0.2, 0) is 0 Å². The maximum atomic E-state index is 12.8. The summed E-state index contributed by atoms with van der Waals surface area (Å²) in [7, 11) is 0. The molecule has 1 aromatic carbocycles. The first-order valence-corrected chi connectivity index (χ1v) is 3.74. The molecule has 0 aromatic heterocycles. The number of ether oxygens (including phenoxy) is 1. The Bertz CT molecular complexity index is 261. The first-order valence-electron chi connectivity index (χ1n) is 3.74. The molecule has 1 nitrogen and oxygen atoms in total. The van der Waals surface area contributed by atoms with Crippen molar-refractivity contribution in [2.75, 3.05) is 6.61 Å². The average molecular weight is 171 g/mol. The van der Waals surface area contributed by atoms with E-state index in [1.807, 2.05) is 6.92 Å². The van der Waals surface area contributed by atoms with E-state index in [-0.39, 0.29) is 5.75 Å². The molecule has 0 fully saturated rings. The van der Waals surface area contributed by atoms with Gasteiger partial charge in [-0.2, -0.15) is 0 Å². The zero-order chi connectivity index (χ0) is 8.97. The van der Waals surface area contributed by atoms with Gasteiger partial charge in [-0.1, -0.05) is 6.92 Å². The van der Waals surface area contributed by atoms with Gasteiger partial charge in [0.15, 0.2) is 11.6 Å². The third-order valence-electron chi connectivity index (χ3n) is 1.28. The molecule has 0 aliphatic carbocycles. The molecule has 0 N–H and O–H groups in total. The highest BCUT2D eigenvalue weighted by Crippen LogP contribution is 2.16. The summed E-state index contributed by atoms with van der Waals surface area (Å²) in [6, 6.07) is 4.18. The predicted molar refractivity (Wildman–Crippen MR) is 41.0 cm³/mol. The van der Waals surface area contributed by atoms with Crippen molar-refractivity contribution in [3.63, 3.8) is 0 Å². The van der Waals surface area contributed by atoms with Crippen LogP contribution < -0.4 is 4.74 Å². The number of rotatable bonds is 3. The molecule has 0 amide bonds. The van der Waals surface area contributed by atoms with Crippen molar-refractivity contribution in [2.24, 2.45) is 0 Å². The monoisotopic (exact) mass is 171 g/mol. The Morgan fingerprint density at radius 3 is 2.83 bits per heavy atom. The first-order chi connectivity index (χ1) is 5.74. The summed E-state index contributed by atoms with van der Waals surface area (Å²) in [6.45, 7) is 2.26. The number of hydrogen-bond acceptors (Lipinski definition) is 1. The molecular weight excluding hydrogens is 162 g/mol. The Morgan fingerprint density at radius 2 is 2.17 bits per heavy atom. The molecule has 0 unspecified atom stereocenters. The smallest absolute Gasteiger partial charge is 0.165 e. The normalized spacial score (nSPS) is 9.92. The van der Waals surface area contributed by atoms with Crippen molar-refractivity contribution in [1.82, 2.24) is 0 Å². The van der Waals surface area contributed by atoms with Crippen LogP contribution in [0.2, 0.25) is 0 Å². The van der Waals surface area contributed by atoms with Crippen LogP contribution in [0, 0.1) is 17.7 Å². The molecule has 65 valence electrons. The molecule has 0 spiro atoms. The summed E-state index contributed by atoms with van der Waals surface area (Å²) in [4.78, 5) is 0. The maximum absolute atomic E-state index is 12.8. The van der Waals surface area contributed by atoms with E-state index in [1.54, 1.807) is 0 Å². The minimum absolute atomic E-state index is 0.142. The molecule has 0 saturated carbocycles. The molecule has 1 radical (unpaired) electrons. The molecular formula is C9H9F2O. The Morgan fingerprint density at radius 1 is 1.42 bits per heavy atom. The molecule has 0 aliphatic heterocycles. The summed E-state index contributed by atoms with van der Waals surface area (Å²) in [5.41, 5.74) is 0. The van der Waals surface area contributed by atoms with Crippen LogP contribution in [-0.4, -0.2) is 6.61 Å². The third kappa shape index (κ3) is 2.19. The Kier molecular flexibility index (Phi) is 3.02. The van der Waals surface area contributed by atoms with Gasteiger partial charge in [-0.05, 0) is 18.6 Å². The van der Waals surface area contributed by atoms with Gasteiger partial charge in [0, 0.05) is 0 Å². The van der Waals surface area contributed by atoms with Crippen molar-refractivity contribution in [3.05, 3.63) is 29.8 Å². The number of halogens is 2. The lowest BCUT2D eigenvalue weighted by atomic mass is 10.3. The molecule has 0 atom stereocenters. The van der Waals surface area contributed by atoms with Gasteiger partial charge >= 0.3 is 0 Å². The average Bonchev–Trinajstić information content (AvgIpc) is 2.07. The molecule has 0 saturated heterocycles. The molecule has 1 aromatic rings. The SMILES string of the molecule is CCCOc1[c]c(F)ccc1F. The fraction of sp³-hybridized carbons (Fsp3) is 0.333. The van der Waals surface area contributed by atoms with E-state index in [0.29, 0.717) is 6.61 Å². The zero-order valence-corrected chi connectivity index (χ0v) is 6.73. The molecule has 0 aliphatic rings. The lowest BCUT2D eigenvalue weighted by Gasteiger charge is -2.04. The van der Waals surface area contributed by atoms with E-state index in [0.717, 1.165) is 18.6 Å². The van der Waals surface area contributed by atoms with E-state index in [2.05, 4.69) is 6.07 Å². The molecule has 1 rings (SSSR count). The van der Waals surface area contributed by atoms with E-state index < -0.39 is 11.6 Å². The highest BCUT2D eigenvalue weighted by Gasteiger charge is 2.04. The second-order valence-electron chi connectivity index (χ2n) is 2.33. The maximum Gasteiger partial charge on any atom is 0.165 e. The van der Waals surface area contributed by atoms with Gasteiger partial charge in [0.2, 0.25) is 0 Å². The van der Waals surface area contributed by atoms with Gasteiger partial charge < -0.3 is 4.74 Å². The number of hydrogen-bond donors (Lipinski definition) is 0. The van der Waals surface area contributed by atoms with E-state index in [9.17, 15) is 8.78 Å². The van der Waals surface area contributed by atoms with Crippen LogP contribution in [0.1, 0.15) is 13.3 Å². The van der Waals surface area contributed by atoms with Crippen LogP contribution in [0.15, 0.2) is 12.1 Å². The van der Waals surface area contributed by atoms with Gasteiger partial charge in [0.25, 0.3) is 0 Å². The second kappa shape index (κ2) is 4.04. The lowest BCUT2D eigenvalue weighted by Crippen LogP contribution is -1.98. The van der Waals surface area contributed by atoms with Crippen molar-refractivity contribution in [1.29, 1.82) is 0 Å². The Labute approximate surface area is 70.0 Å². The van der Waals surface area contributed by atoms with Crippen molar-refractivity contribution >= 4 is 0 Å². The summed E-state index contributed by atoms with van der Waals surface area (Å²) in [5.74, 6) is -1.33. The summed E-state index contributed by atoms with van der Waals surface area (Å²) in [5, 5.41) is 0. The van der Waals surface area contributed by atoms with Crippen molar-refractivity contribution in [3.8, 4) is 5.75 Å². The summed E-state index contributed by atoms with van der Waals surface area (Å²) < 4.78 is 30.1. The fourth-order valence-corrected chi connectivity index (χ4v) is 0.741. The van der Waals surface area contributed by atoms with Crippen LogP contribution in [0.25, 0.3) is 0 Å². The van der Waals surface area contributed by atoms with Crippen molar-refractivity contribution in [2.45, 2.75) is 13.3 Å². The topological polar surface area (TPSA) is 9.23 Å². The predicted octanol–water partition coefficient (Wildman–Crippen LogP) is 2.55. The van der Waals surface area contributed by atoms with E-state index >= 15 is 0 Å². The first kappa shape index (κ1) is 8.97. The highest BCUT2D eigenvalue weighted by molar-refractivity contribution is 5.23. The quantitative estimate of drug-likeness (QED) is 0.679. The lowest BCUT2D eigenvalue weighted by molar-refractivity contribution is 0.298. The van der Waals surface area contributed by atoms with Crippen LogP contribution >= 0.6 is 0 Å². The van der Waals surface area contributed by atoms with E-state index in [4.69, 9.17) is 4.74 Å². The van der Waals surface area contributed by atoms with E-state index in [1.165, 1.54) is 0 Å². The fourth-order valence-electron chi connectivity index (χ4n) is 0.741. The molecule has 3 heteroatoms. The summed E-state index contributed by atoms with van der Waals surface area (Å²) in [6.07, 6.45) is 0.754. The molecule has 0 heterocycles. The standard InChI is InChI=1S/C9H9F2O/c1-2-5-12-9-6-7(10)3-4-8(9)11/h3-4H,2,5H2,1H3. The minimum Gasteiger partial charge on any atom is -0.490 e. The van der Waals surface area contributed by atoms with Crippen LogP contribution in [0.3, 0.4) is 0 Å². The highest BCUT2D eigenvalue weighted by atomic mass is 19.1. The Balaban J connectivity index is 2.75. The number of benzene rings is 1. The minimum atomic E-state index is -0.609. The summed E-state index contributed by atoms with van der Waals surface area (Å²) >= 11 is 0. The van der Waals surface area contributed by atoms with Gasteiger partial charge in [-0.3, -0.25) is 0 Å². The van der Waals surface area contributed by atoms with Crippen molar-refractivity contribution < 1.29 is 13.5 Å².